The van der Waals surface area contributed by atoms with Crippen molar-refractivity contribution in [1.29, 1.82) is 0 Å². The van der Waals surface area contributed by atoms with Crippen molar-refractivity contribution < 1.29 is 0 Å². The van der Waals surface area contributed by atoms with Crippen molar-refractivity contribution in [1.82, 2.24) is 0 Å². The molecule has 1 rings (SSSR count). The molecule has 1 aromatic carbocycles. The Labute approximate surface area is 94.0 Å². The highest BCUT2D eigenvalue weighted by atomic mass is 79.9. The summed E-state index contributed by atoms with van der Waals surface area (Å²) >= 11 is 3.47. The zero-order valence-corrected chi connectivity index (χ0v) is 10.1. The molecule has 0 unspecified atom stereocenters. The maximum absolute atomic E-state index is 3.47. The fraction of sp³-hybridized carbons (Fsp3) is 0.333. The Morgan fingerprint density at radius 3 is 2.86 bits per heavy atom. The fourth-order valence-corrected chi connectivity index (χ4v) is 1.40. The summed E-state index contributed by atoms with van der Waals surface area (Å²) in [6, 6.07) is 6.25. The van der Waals surface area contributed by atoms with Gasteiger partial charge >= 0.3 is 0 Å². The van der Waals surface area contributed by atoms with Gasteiger partial charge in [0.2, 0.25) is 0 Å². The van der Waals surface area contributed by atoms with E-state index in [1.165, 1.54) is 5.56 Å². The first-order valence-electron chi connectivity index (χ1n) is 4.63. The normalized spacial score (nSPS) is 9.07. The third kappa shape index (κ3) is 3.43. The van der Waals surface area contributed by atoms with Crippen LogP contribution in [0.25, 0.3) is 0 Å². The van der Waals surface area contributed by atoms with Gasteiger partial charge in [0.15, 0.2) is 0 Å². The molecule has 1 N–H and O–H groups in total. The zero-order chi connectivity index (χ0) is 10.4. The van der Waals surface area contributed by atoms with Crippen molar-refractivity contribution in [2.75, 3.05) is 11.9 Å². The van der Waals surface area contributed by atoms with Crippen LogP contribution in [0.4, 0.5) is 5.69 Å². The van der Waals surface area contributed by atoms with E-state index in [1.54, 1.807) is 0 Å². The Kier molecular flexibility index (Phi) is 4.55. The Balaban J connectivity index is 2.50. The molecule has 1 nitrogen and oxygen atoms in total. The molecule has 0 spiro atoms. The third-order valence-corrected chi connectivity index (χ3v) is 2.80. The molecule has 0 fully saturated rings. The van der Waals surface area contributed by atoms with Gasteiger partial charge in [0, 0.05) is 23.1 Å². The molecule has 0 saturated heterocycles. The van der Waals surface area contributed by atoms with Crippen LogP contribution in [0.2, 0.25) is 0 Å². The average molecular weight is 252 g/mol. The lowest BCUT2D eigenvalue weighted by molar-refractivity contribution is 1.09. The Morgan fingerprint density at radius 2 is 2.21 bits per heavy atom. The second kappa shape index (κ2) is 5.72. The molecule has 74 valence electrons. The van der Waals surface area contributed by atoms with Gasteiger partial charge in [-0.15, -0.1) is 11.8 Å². The minimum absolute atomic E-state index is 0.894. The van der Waals surface area contributed by atoms with Crippen LogP contribution >= 0.6 is 15.9 Å². The van der Waals surface area contributed by atoms with Crippen LogP contribution < -0.4 is 5.32 Å². The maximum atomic E-state index is 3.47. The number of halogens is 1. The van der Waals surface area contributed by atoms with Gasteiger partial charge in [-0.25, -0.2) is 0 Å². The molecule has 0 aliphatic rings. The molecular weight excluding hydrogens is 238 g/mol. The van der Waals surface area contributed by atoms with E-state index in [4.69, 9.17) is 0 Å². The SMILES string of the molecule is CC#CCCNc1ccc(Br)c(C)c1. The first-order valence-corrected chi connectivity index (χ1v) is 5.43. The summed E-state index contributed by atoms with van der Waals surface area (Å²) in [5, 5.41) is 3.32. The number of hydrogen-bond donors (Lipinski definition) is 1. The number of nitrogens with one attached hydrogen (secondary N) is 1. The van der Waals surface area contributed by atoms with Crippen molar-refractivity contribution >= 4 is 21.6 Å². The minimum atomic E-state index is 0.894. The van der Waals surface area contributed by atoms with E-state index in [0.29, 0.717) is 0 Å². The number of anilines is 1. The quantitative estimate of drug-likeness (QED) is 0.640. The first-order chi connectivity index (χ1) is 6.74. The van der Waals surface area contributed by atoms with Gasteiger partial charge < -0.3 is 5.32 Å². The summed E-state index contributed by atoms with van der Waals surface area (Å²) in [5.41, 5.74) is 2.40. The molecule has 0 radical (unpaired) electrons. The average Bonchev–Trinajstić information content (AvgIpc) is 2.18. The van der Waals surface area contributed by atoms with Gasteiger partial charge in [0.05, 0.1) is 0 Å². The summed E-state index contributed by atoms with van der Waals surface area (Å²) in [6.07, 6.45) is 0.894. The summed E-state index contributed by atoms with van der Waals surface area (Å²) in [6.45, 7) is 4.85. The van der Waals surface area contributed by atoms with Gasteiger partial charge in [-0.05, 0) is 37.6 Å². The van der Waals surface area contributed by atoms with Crippen LogP contribution in [0.15, 0.2) is 22.7 Å². The molecule has 2 heteroatoms. The number of aryl methyl sites for hydroxylation is 1. The smallest absolute Gasteiger partial charge is 0.0343 e. The molecule has 0 atom stereocenters. The van der Waals surface area contributed by atoms with E-state index in [0.717, 1.165) is 23.1 Å². The predicted molar refractivity (Wildman–Crippen MR) is 65.4 cm³/mol. The van der Waals surface area contributed by atoms with Crippen molar-refractivity contribution in [2.45, 2.75) is 20.3 Å². The molecule has 0 amide bonds. The van der Waals surface area contributed by atoms with Crippen molar-refractivity contribution in [3.63, 3.8) is 0 Å². The van der Waals surface area contributed by atoms with E-state index >= 15 is 0 Å². The first kappa shape index (κ1) is 11.1. The molecular formula is C12H14BrN. The molecule has 0 aliphatic heterocycles. The van der Waals surface area contributed by atoms with Gasteiger partial charge in [-0.3, -0.25) is 0 Å². The lowest BCUT2D eigenvalue weighted by atomic mass is 10.2. The highest BCUT2D eigenvalue weighted by Gasteiger charge is 1.95. The van der Waals surface area contributed by atoms with Gasteiger partial charge in [-0.1, -0.05) is 15.9 Å². The van der Waals surface area contributed by atoms with Crippen LogP contribution in [0, 0.1) is 18.8 Å². The van der Waals surface area contributed by atoms with Gasteiger partial charge in [0.25, 0.3) is 0 Å². The topological polar surface area (TPSA) is 12.0 Å². The predicted octanol–water partition coefficient (Wildman–Crippen LogP) is 3.58. The van der Waals surface area contributed by atoms with Crippen molar-refractivity contribution in [2.24, 2.45) is 0 Å². The molecule has 0 aromatic heterocycles. The number of benzene rings is 1. The number of hydrogen-bond acceptors (Lipinski definition) is 1. The van der Waals surface area contributed by atoms with Crippen LogP contribution in [-0.4, -0.2) is 6.54 Å². The van der Waals surface area contributed by atoms with Crippen LogP contribution in [0.5, 0.6) is 0 Å². The van der Waals surface area contributed by atoms with Crippen LogP contribution in [0.1, 0.15) is 18.9 Å². The highest BCUT2D eigenvalue weighted by molar-refractivity contribution is 9.10. The van der Waals surface area contributed by atoms with Crippen molar-refractivity contribution in [3.05, 3.63) is 28.2 Å². The molecule has 0 bridgehead atoms. The Bertz CT molecular complexity index is 360. The zero-order valence-electron chi connectivity index (χ0n) is 8.52. The Morgan fingerprint density at radius 1 is 1.43 bits per heavy atom. The van der Waals surface area contributed by atoms with Gasteiger partial charge in [-0.2, -0.15) is 0 Å². The minimum Gasteiger partial charge on any atom is -0.384 e. The molecule has 14 heavy (non-hydrogen) atoms. The van der Waals surface area contributed by atoms with Crippen LogP contribution in [0.3, 0.4) is 0 Å². The van der Waals surface area contributed by atoms with Gasteiger partial charge in [0.1, 0.15) is 0 Å². The molecule has 0 saturated carbocycles. The fourth-order valence-electron chi connectivity index (χ4n) is 1.15. The van der Waals surface area contributed by atoms with E-state index < -0.39 is 0 Å². The lowest BCUT2D eigenvalue weighted by Crippen LogP contribution is -2.00. The largest absolute Gasteiger partial charge is 0.384 e. The Hall–Kier alpha value is -0.940. The summed E-state index contributed by atoms with van der Waals surface area (Å²) < 4.78 is 1.15. The second-order valence-corrected chi connectivity index (χ2v) is 3.92. The number of rotatable bonds is 3. The van der Waals surface area contributed by atoms with Crippen LogP contribution in [-0.2, 0) is 0 Å². The van der Waals surface area contributed by atoms with E-state index in [9.17, 15) is 0 Å². The lowest BCUT2D eigenvalue weighted by Gasteiger charge is -2.05. The van der Waals surface area contributed by atoms with E-state index in [2.05, 4.69) is 58.2 Å². The summed E-state index contributed by atoms with van der Waals surface area (Å²) in [7, 11) is 0. The summed E-state index contributed by atoms with van der Waals surface area (Å²) in [4.78, 5) is 0. The molecule has 0 aliphatic carbocycles. The second-order valence-electron chi connectivity index (χ2n) is 3.07. The third-order valence-electron chi connectivity index (χ3n) is 1.91. The van der Waals surface area contributed by atoms with E-state index in [-0.39, 0.29) is 0 Å². The molecule has 1 aromatic rings. The van der Waals surface area contributed by atoms with Crippen molar-refractivity contribution in [3.8, 4) is 11.8 Å². The maximum Gasteiger partial charge on any atom is 0.0343 e. The highest BCUT2D eigenvalue weighted by Crippen LogP contribution is 2.19. The summed E-state index contributed by atoms with van der Waals surface area (Å²) in [5.74, 6) is 5.90. The monoisotopic (exact) mass is 251 g/mol. The van der Waals surface area contributed by atoms with E-state index in [1.807, 2.05) is 6.92 Å². The standard InChI is InChI=1S/C12H14BrN/c1-3-4-5-8-14-11-6-7-12(13)10(2)9-11/h6-7,9,14H,5,8H2,1-2H3. The molecule has 0 heterocycles.